The molecule has 3 heteroatoms. The van der Waals surface area contributed by atoms with Crippen LogP contribution in [0, 0.1) is 13.8 Å². The van der Waals surface area contributed by atoms with Crippen LogP contribution < -0.4 is 10.1 Å². The monoisotopic (exact) mass is 359 g/mol. The number of rotatable bonds is 6. The Balaban J connectivity index is 1.73. The standard InChI is InChI=1S/C24H25NO2/c1-17-13-14-21(18(2)15-17)19(3)25-24(26)22-11-7-8-12-23(22)27-16-20-9-5-4-6-10-20/h4-15,19H,16H2,1-3H3,(H,25,26)/t19-/m0/s1. The smallest absolute Gasteiger partial charge is 0.255 e. The Morgan fingerprint density at radius 2 is 1.67 bits per heavy atom. The normalized spacial score (nSPS) is 11.7. The van der Waals surface area contributed by atoms with E-state index in [0.717, 1.165) is 11.1 Å². The lowest BCUT2D eigenvalue weighted by molar-refractivity contribution is 0.0935. The fraction of sp³-hybridized carbons (Fsp3) is 0.208. The number of carbonyl (C=O) groups is 1. The van der Waals surface area contributed by atoms with E-state index in [1.54, 1.807) is 6.07 Å². The fourth-order valence-electron chi connectivity index (χ4n) is 3.18. The summed E-state index contributed by atoms with van der Waals surface area (Å²) in [5.74, 6) is 0.456. The van der Waals surface area contributed by atoms with Gasteiger partial charge in [0.1, 0.15) is 12.4 Å². The number of nitrogens with one attached hydrogen (secondary N) is 1. The van der Waals surface area contributed by atoms with Gasteiger partial charge in [-0.1, -0.05) is 66.2 Å². The molecule has 0 aromatic heterocycles. The van der Waals surface area contributed by atoms with E-state index in [-0.39, 0.29) is 11.9 Å². The predicted octanol–water partition coefficient (Wildman–Crippen LogP) is 5.37. The molecule has 0 unspecified atom stereocenters. The molecule has 27 heavy (non-hydrogen) atoms. The lowest BCUT2D eigenvalue weighted by Crippen LogP contribution is -2.27. The van der Waals surface area contributed by atoms with Crippen molar-refractivity contribution in [2.45, 2.75) is 33.4 Å². The van der Waals surface area contributed by atoms with Crippen molar-refractivity contribution in [2.24, 2.45) is 0 Å². The number of amides is 1. The van der Waals surface area contributed by atoms with Gasteiger partial charge in [0.15, 0.2) is 0 Å². The second-order valence-corrected chi connectivity index (χ2v) is 6.83. The number of ether oxygens (including phenoxy) is 1. The van der Waals surface area contributed by atoms with Crippen molar-refractivity contribution >= 4 is 5.91 Å². The van der Waals surface area contributed by atoms with Gasteiger partial charge in [-0.25, -0.2) is 0 Å². The number of benzene rings is 3. The Bertz CT molecular complexity index is 919. The van der Waals surface area contributed by atoms with Gasteiger partial charge < -0.3 is 10.1 Å². The zero-order valence-electron chi connectivity index (χ0n) is 16.0. The summed E-state index contributed by atoms with van der Waals surface area (Å²) in [5.41, 5.74) is 5.13. The van der Waals surface area contributed by atoms with E-state index in [4.69, 9.17) is 4.74 Å². The molecule has 3 aromatic rings. The second kappa shape index (κ2) is 8.54. The molecule has 0 aliphatic rings. The predicted molar refractivity (Wildman–Crippen MR) is 109 cm³/mol. The number of hydrogen-bond acceptors (Lipinski definition) is 2. The highest BCUT2D eigenvalue weighted by molar-refractivity contribution is 5.97. The van der Waals surface area contributed by atoms with E-state index in [1.807, 2.05) is 55.5 Å². The number of para-hydroxylation sites is 1. The van der Waals surface area contributed by atoms with E-state index in [0.29, 0.717) is 17.9 Å². The van der Waals surface area contributed by atoms with E-state index < -0.39 is 0 Å². The molecule has 1 N–H and O–H groups in total. The van der Waals surface area contributed by atoms with Crippen LogP contribution in [0.15, 0.2) is 72.8 Å². The molecule has 3 aromatic carbocycles. The number of hydrogen-bond donors (Lipinski definition) is 1. The average Bonchev–Trinajstić information content (AvgIpc) is 2.67. The van der Waals surface area contributed by atoms with Crippen LogP contribution in [0.1, 0.15) is 45.6 Å². The average molecular weight is 359 g/mol. The molecule has 0 bridgehead atoms. The Kier molecular flexibility index (Phi) is 5.92. The minimum absolute atomic E-state index is 0.0831. The van der Waals surface area contributed by atoms with Crippen LogP contribution in [0.3, 0.4) is 0 Å². The molecule has 0 saturated carbocycles. The molecule has 1 amide bonds. The van der Waals surface area contributed by atoms with Gasteiger partial charge in [0.05, 0.1) is 11.6 Å². The van der Waals surface area contributed by atoms with Gasteiger partial charge >= 0.3 is 0 Å². The molecular formula is C24H25NO2. The van der Waals surface area contributed by atoms with Crippen molar-refractivity contribution in [3.63, 3.8) is 0 Å². The highest BCUT2D eigenvalue weighted by Crippen LogP contribution is 2.23. The highest BCUT2D eigenvalue weighted by atomic mass is 16.5. The summed E-state index contributed by atoms with van der Waals surface area (Å²) in [6.07, 6.45) is 0. The highest BCUT2D eigenvalue weighted by Gasteiger charge is 2.16. The molecule has 0 saturated heterocycles. The third-order valence-electron chi connectivity index (χ3n) is 4.61. The lowest BCUT2D eigenvalue weighted by Gasteiger charge is -2.18. The second-order valence-electron chi connectivity index (χ2n) is 6.83. The molecule has 3 rings (SSSR count). The van der Waals surface area contributed by atoms with Gasteiger partial charge in [-0.15, -0.1) is 0 Å². The first-order chi connectivity index (χ1) is 13.0. The summed E-state index contributed by atoms with van der Waals surface area (Å²) in [7, 11) is 0. The lowest BCUT2D eigenvalue weighted by atomic mass is 10.00. The minimum atomic E-state index is -0.133. The summed E-state index contributed by atoms with van der Waals surface area (Å²) < 4.78 is 5.91. The van der Waals surface area contributed by atoms with E-state index in [1.165, 1.54) is 11.1 Å². The first kappa shape index (κ1) is 18.7. The third-order valence-corrected chi connectivity index (χ3v) is 4.61. The summed E-state index contributed by atoms with van der Waals surface area (Å²) in [4.78, 5) is 12.8. The van der Waals surface area contributed by atoms with Crippen molar-refractivity contribution in [2.75, 3.05) is 0 Å². The van der Waals surface area contributed by atoms with Gasteiger partial charge in [-0.3, -0.25) is 4.79 Å². The van der Waals surface area contributed by atoms with Crippen molar-refractivity contribution in [3.8, 4) is 5.75 Å². The van der Waals surface area contributed by atoms with Gasteiger partial charge in [0.2, 0.25) is 0 Å². The molecular weight excluding hydrogens is 334 g/mol. The van der Waals surface area contributed by atoms with Crippen molar-refractivity contribution in [1.82, 2.24) is 5.32 Å². The quantitative estimate of drug-likeness (QED) is 0.642. The largest absolute Gasteiger partial charge is 0.488 e. The van der Waals surface area contributed by atoms with Crippen LogP contribution in [0.5, 0.6) is 5.75 Å². The fourth-order valence-corrected chi connectivity index (χ4v) is 3.18. The topological polar surface area (TPSA) is 38.3 Å². The first-order valence-electron chi connectivity index (χ1n) is 9.18. The molecule has 0 fully saturated rings. The Labute approximate surface area is 161 Å². The first-order valence-corrected chi connectivity index (χ1v) is 9.18. The van der Waals surface area contributed by atoms with Gasteiger partial charge in [0, 0.05) is 0 Å². The summed E-state index contributed by atoms with van der Waals surface area (Å²) in [6, 6.07) is 23.5. The molecule has 138 valence electrons. The van der Waals surface area contributed by atoms with Crippen LogP contribution >= 0.6 is 0 Å². The Morgan fingerprint density at radius 1 is 0.963 bits per heavy atom. The maximum Gasteiger partial charge on any atom is 0.255 e. The summed E-state index contributed by atoms with van der Waals surface area (Å²) >= 11 is 0. The van der Waals surface area contributed by atoms with Gasteiger partial charge in [-0.05, 0) is 49.6 Å². The van der Waals surface area contributed by atoms with Crippen LogP contribution in [-0.2, 0) is 6.61 Å². The van der Waals surface area contributed by atoms with Crippen molar-refractivity contribution in [1.29, 1.82) is 0 Å². The molecule has 1 atom stereocenters. The van der Waals surface area contributed by atoms with Gasteiger partial charge in [-0.2, -0.15) is 0 Å². The SMILES string of the molecule is Cc1ccc([C@H](C)NC(=O)c2ccccc2OCc2ccccc2)c(C)c1. The summed E-state index contributed by atoms with van der Waals surface area (Å²) in [6.45, 7) is 6.57. The van der Waals surface area contributed by atoms with E-state index >= 15 is 0 Å². The van der Waals surface area contributed by atoms with Gasteiger partial charge in [0.25, 0.3) is 5.91 Å². The van der Waals surface area contributed by atoms with E-state index in [9.17, 15) is 4.79 Å². The van der Waals surface area contributed by atoms with Crippen LogP contribution in [0.4, 0.5) is 0 Å². The molecule has 3 nitrogen and oxygen atoms in total. The van der Waals surface area contributed by atoms with Crippen LogP contribution in [0.2, 0.25) is 0 Å². The zero-order chi connectivity index (χ0) is 19.2. The molecule has 0 aliphatic carbocycles. The molecule has 0 radical (unpaired) electrons. The zero-order valence-corrected chi connectivity index (χ0v) is 16.0. The number of aryl methyl sites for hydroxylation is 2. The Hall–Kier alpha value is -3.07. The third kappa shape index (κ3) is 4.76. The van der Waals surface area contributed by atoms with Crippen molar-refractivity contribution < 1.29 is 9.53 Å². The minimum Gasteiger partial charge on any atom is -0.488 e. The summed E-state index contributed by atoms with van der Waals surface area (Å²) in [5, 5.41) is 3.09. The maximum absolute atomic E-state index is 12.8. The van der Waals surface area contributed by atoms with Crippen LogP contribution in [0.25, 0.3) is 0 Å². The molecule has 0 heterocycles. The van der Waals surface area contributed by atoms with Crippen LogP contribution in [-0.4, -0.2) is 5.91 Å². The van der Waals surface area contributed by atoms with E-state index in [2.05, 4.69) is 37.4 Å². The maximum atomic E-state index is 12.8. The molecule has 0 aliphatic heterocycles. The molecule has 0 spiro atoms. The van der Waals surface area contributed by atoms with Crippen molar-refractivity contribution in [3.05, 3.63) is 101 Å². The number of carbonyl (C=O) groups excluding carboxylic acids is 1. The Morgan fingerprint density at radius 3 is 2.41 bits per heavy atom.